The SMILES string of the molecule is CCCCCCCCCCCCCC(=O)NCC(=O)NCC(=O)O.O. The van der Waals surface area contributed by atoms with Gasteiger partial charge in [-0.1, -0.05) is 71.1 Å². The van der Waals surface area contributed by atoms with Crippen LogP contribution in [0, 0.1) is 0 Å². The summed E-state index contributed by atoms with van der Waals surface area (Å²) in [6, 6.07) is 0. The highest BCUT2D eigenvalue weighted by Gasteiger charge is 2.06. The minimum absolute atomic E-state index is 0. The van der Waals surface area contributed by atoms with Gasteiger partial charge in [0.2, 0.25) is 11.8 Å². The van der Waals surface area contributed by atoms with Crippen LogP contribution in [0.15, 0.2) is 0 Å². The average molecular weight is 360 g/mol. The summed E-state index contributed by atoms with van der Waals surface area (Å²) in [6.07, 6.45) is 14.0. The summed E-state index contributed by atoms with van der Waals surface area (Å²) in [5, 5.41) is 13.1. The summed E-state index contributed by atoms with van der Waals surface area (Å²) in [5.41, 5.74) is 0. The molecule has 0 fully saturated rings. The molecule has 0 unspecified atom stereocenters. The molecule has 0 aromatic heterocycles. The van der Waals surface area contributed by atoms with Gasteiger partial charge in [-0.2, -0.15) is 0 Å². The second-order valence-corrected chi connectivity index (χ2v) is 6.23. The zero-order valence-corrected chi connectivity index (χ0v) is 15.6. The number of unbranched alkanes of at least 4 members (excludes halogenated alkanes) is 10. The maximum absolute atomic E-state index is 11.5. The van der Waals surface area contributed by atoms with Gasteiger partial charge in [0, 0.05) is 6.42 Å². The van der Waals surface area contributed by atoms with Crippen molar-refractivity contribution in [1.29, 1.82) is 0 Å². The number of rotatable bonds is 16. The van der Waals surface area contributed by atoms with E-state index < -0.39 is 18.4 Å². The van der Waals surface area contributed by atoms with Crippen molar-refractivity contribution in [2.45, 2.75) is 84.0 Å². The molecule has 148 valence electrons. The standard InChI is InChI=1S/C18H34N2O4.H2O/c1-2-3-4-5-6-7-8-9-10-11-12-13-16(21)19-14-17(22)20-15-18(23)24;/h2-15H2,1H3,(H,19,21)(H,20,22)(H,23,24);1H2. The average Bonchev–Trinajstić information content (AvgIpc) is 2.56. The van der Waals surface area contributed by atoms with Crippen LogP contribution < -0.4 is 10.6 Å². The number of aliphatic carboxylic acids is 1. The molecule has 0 aliphatic heterocycles. The summed E-state index contributed by atoms with van der Waals surface area (Å²) >= 11 is 0. The zero-order valence-electron chi connectivity index (χ0n) is 15.6. The maximum Gasteiger partial charge on any atom is 0.322 e. The summed E-state index contributed by atoms with van der Waals surface area (Å²) in [7, 11) is 0. The molecule has 0 radical (unpaired) electrons. The molecule has 0 saturated heterocycles. The number of carboxylic acids is 1. The van der Waals surface area contributed by atoms with Crippen LogP contribution >= 0.6 is 0 Å². The van der Waals surface area contributed by atoms with Crippen LogP contribution in [0.1, 0.15) is 84.0 Å². The molecule has 25 heavy (non-hydrogen) atoms. The fourth-order valence-corrected chi connectivity index (χ4v) is 2.45. The molecular formula is C18H36N2O5. The van der Waals surface area contributed by atoms with Gasteiger partial charge in [-0.05, 0) is 6.42 Å². The number of nitrogens with one attached hydrogen (secondary N) is 2. The van der Waals surface area contributed by atoms with E-state index in [1.54, 1.807) is 0 Å². The molecule has 0 atom stereocenters. The van der Waals surface area contributed by atoms with Gasteiger partial charge in [0.15, 0.2) is 0 Å². The van der Waals surface area contributed by atoms with Crippen molar-refractivity contribution in [3.8, 4) is 0 Å². The third-order valence-corrected chi connectivity index (χ3v) is 3.89. The van der Waals surface area contributed by atoms with Crippen LogP contribution in [0.3, 0.4) is 0 Å². The van der Waals surface area contributed by atoms with Gasteiger partial charge in [0.1, 0.15) is 6.54 Å². The predicted octanol–water partition coefficient (Wildman–Crippen LogP) is 2.18. The Labute approximate surface area is 151 Å². The Hall–Kier alpha value is -1.63. The Balaban J connectivity index is 0. The largest absolute Gasteiger partial charge is 0.480 e. The molecular weight excluding hydrogens is 324 g/mol. The number of amides is 2. The van der Waals surface area contributed by atoms with Crippen LogP contribution in [-0.4, -0.2) is 41.5 Å². The van der Waals surface area contributed by atoms with Gasteiger partial charge >= 0.3 is 5.97 Å². The van der Waals surface area contributed by atoms with Gasteiger partial charge in [-0.25, -0.2) is 0 Å². The predicted molar refractivity (Wildman–Crippen MR) is 98.3 cm³/mol. The monoisotopic (exact) mass is 360 g/mol. The van der Waals surface area contributed by atoms with E-state index in [-0.39, 0.29) is 17.9 Å². The quantitative estimate of drug-likeness (QED) is 0.364. The van der Waals surface area contributed by atoms with Gasteiger partial charge in [0.05, 0.1) is 6.54 Å². The molecule has 0 bridgehead atoms. The zero-order chi connectivity index (χ0) is 18.0. The van der Waals surface area contributed by atoms with Crippen LogP contribution in [0.25, 0.3) is 0 Å². The molecule has 0 heterocycles. The van der Waals surface area contributed by atoms with E-state index in [0.717, 1.165) is 19.3 Å². The highest BCUT2D eigenvalue weighted by molar-refractivity contribution is 5.86. The Morgan fingerprint density at radius 3 is 1.60 bits per heavy atom. The van der Waals surface area contributed by atoms with E-state index in [9.17, 15) is 14.4 Å². The van der Waals surface area contributed by atoms with E-state index >= 15 is 0 Å². The van der Waals surface area contributed by atoms with Crippen molar-refractivity contribution in [3.05, 3.63) is 0 Å². The fraction of sp³-hybridized carbons (Fsp3) is 0.833. The molecule has 5 N–H and O–H groups in total. The van der Waals surface area contributed by atoms with Crippen molar-refractivity contribution >= 4 is 17.8 Å². The van der Waals surface area contributed by atoms with Crippen LogP contribution in [0.2, 0.25) is 0 Å². The first-order valence-electron chi connectivity index (χ1n) is 9.31. The first-order valence-corrected chi connectivity index (χ1v) is 9.31. The molecule has 0 saturated carbocycles. The smallest absolute Gasteiger partial charge is 0.322 e. The highest BCUT2D eigenvalue weighted by Crippen LogP contribution is 2.11. The second kappa shape index (κ2) is 18.7. The van der Waals surface area contributed by atoms with Crippen LogP contribution in [0.4, 0.5) is 0 Å². The third-order valence-electron chi connectivity index (χ3n) is 3.89. The van der Waals surface area contributed by atoms with Crippen molar-refractivity contribution in [2.75, 3.05) is 13.1 Å². The van der Waals surface area contributed by atoms with E-state index in [2.05, 4.69) is 17.6 Å². The highest BCUT2D eigenvalue weighted by atomic mass is 16.4. The maximum atomic E-state index is 11.5. The third kappa shape index (κ3) is 20.3. The molecule has 0 aromatic rings. The lowest BCUT2D eigenvalue weighted by molar-refractivity contribution is -0.137. The number of carboxylic acid groups (broad SMARTS) is 1. The Kier molecular flexibility index (Phi) is 19.2. The molecule has 0 spiro atoms. The molecule has 0 aliphatic carbocycles. The normalized spacial score (nSPS) is 9.96. The van der Waals surface area contributed by atoms with E-state index in [1.165, 1.54) is 51.4 Å². The molecule has 0 rings (SSSR count). The number of hydrogen-bond acceptors (Lipinski definition) is 3. The number of hydrogen-bond donors (Lipinski definition) is 3. The lowest BCUT2D eigenvalue weighted by Crippen LogP contribution is -2.38. The van der Waals surface area contributed by atoms with E-state index in [1.807, 2.05) is 0 Å². The molecule has 7 heteroatoms. The first-order chi connectivity index (χ1) is 11.6. The summed E-state index contributed by atoms with van der Waals surface area (Å²) < 4.78 is 0. The van der Waals surface area contributed by atoms with Crippen LogP contribution in [0.5, 0.6) is 0 Å². The Bertz CT molecular complexity index is 361. The van der Waals surface area contributed by atoms with Crippen molar-refractivity contribution in [2.24, 2.45) is 0 Å². The Morgan fingerprint density at radius 1 is 0.680 bits per heavy atom. The van der Waals surface area contributed by atoms with Crippen molar-refractivity contribution < 1.29 is 25.0 Å². The van der Waals surface area contributed by atoms with Gasteiger partial charge in [0.25, 0.3) is 0 Å². The lowest BCUT2D eigenvalue weighted by Gasteiger charge is -2.05. The van der Waals surface area contributed by atoms with Gasteiger partial charge in [-0.3, -0.25) is 14.4 Å². The fourth-order valence-electron chi connectivity index (χ4n) is 2.45. The van der Waals surface area contributed by atoms with Crippen molar-refractivity contribution in [3.63, 3.8) is 0 Å². The minimum atomic E-state index is -1.10. The van der Waals surface area contributed by atoms with E-state index in [0.29, 0.717) is 6.42 Å². The first kappa shape index (κ1) is 25.6. The number of carbonyl (C=O) groups excluding carboxylic acids is 2. The molecule has 0 aliphatic rings. The minimum Gasteiger partial charge on any atom is -0.480 e. The van der Waals surface area contributed by atoms with Crippen LogP contribution in [-0.2, 0) is 14.4 Å². The van der Waals surface area contributed by atoms with Gasteiger partial charge in [-0.15, -0.1) is 0 Å². The lowest BCUT2D eigenvalue weighted by atomic mass is 10.1. The Morgan fingerprint density at radius 2 is 1.12 bits per heavy atom. The summed E-state index contributed by atoms with van der Waals surface area (Å²) in [4.78, 5) is 33.0. The second-order valence-electron chi connectivity index (χ2n) is 6.23. The molecule has 7 nitrogen and oxygen atoms in total. The topological polar surface area (TPSA) is 127 Å². The molecule has 0 aromatic carbocycles. The van der Waals surface area contributed by atoms with E-state index in [4.69, 9.17) is 5.11 Å². The van der Waals surface area contributed by atoms with Crippen molar-refractivity contribution in [1.82, 2.24) is 10.6 Å². The number of carbonyl (C=O) groups is 3. The van der Waals surface area contributed by atoms with Gasteiger partial charge < -0.3 is 21.2 Å². The molecule has 2 amide bonds. The summed E-state index contributed by atoms with van der Waals surface area (Å²) in [6.45, 7) is 1.64. The summed E-state index contributed by atoms with van der Waals surface area (Å²) in [5.74, 6) is -1.74.